The minimum Gasteiger partial charge on any atom is -0.445 e. The molecular weight excluding hydrogens is 367 g/mol. The molecule has 27 heavy (non-hydrogen) atoms. The van der Waals surface area contributed by atoms with Crippen molar-refractivity contribution in [2.45, 2.75) is 18.4 Å². The number of benzene rings is 2. The Balaban J connectivity index is 0.00000210. The van der Waals surface area contributed by atoms with E-state index >= 15 is 0 Å². The summed E-state index contributed by atoms with van der Waals surface area (Å²) in [7, 11) is 0. The molecule has 2 aromatic carbocycles. The fourth-order valence-electron chi connectivity index (χ4n) is 4.49. The van der Waals surface area contributed by atoms with Crippen LogP contribution in [-0.4, -0.2) is 25.7 Å². The lowest BCUT2D eigenvalue weighted by Crippen LogP contribution is -2.35. The summed E-state index contributed by atoms with van der Waals surface area (Å²) in [5, 5.41) is 6.27. The van der Waals surface area contributed by atoms with Crippen molar-refractivity contribution in [3.63, 3.8) is 0 Å². The summed E-state index contributed by atoms with van der Waals surface area (Å²) in [5.41, 5.74) is 1.32. The van der Waals surface area contributed by atoms with E-state index < -0.39 is 6.09 Å². The molecular formula is C21H24ClFN2O2. The molecule has 0 aromatic heterocycles. The zero-order chi connectivity index (χ0) is 18.0. The Morgan fingerprint density at radius 3 is 2.59 bits per heavy atom. The molecule has 0 bridgehead atoms. The number of amides is 1. The van der Waals surface area contributed by atoms with Gasteiger partial charge in [0.05, 0.1) is 0 Å². The smallest absolute Gasteiger partial charge is 0.407 e. The van der Waals surface area contributed by atoms with Crippen molar-refractivity contribution in [1.82, 2.24) is 10.6 Å². The minimum absolute atomic E-state index is 0. The number of alkyl carbamates (subject to hydrolysis) is 1. The first-order valence-corrected chi connectivity index (χ1v) is 9.12. The van der Waals surface area contributed by atoms with Gasteiger partial charge in [-0.05, 0) is 48.5 Å². The molecule has 6 heteroatoms. The number of hydrogen-bond donors (Lipinski definition) is 2. The Labute approximate surface area is 164 Å². The largest absolute Gasteiger partial charge is 0.445 e. The molecule has 0 spiro atoms. The van der Waals surface area contributed by atoms with Crippen LogP contribution in [0.2, 0.25) is 0 Å². The summed E-state index contributed by atoms with van der Waals surface area (Å²) in [6.45, 7) is 2.43. The number of halogens is 2. The van der Waals surface area contributed by atoms with Gasteiger partial charge in [0.25, 0.3) is 0 Å². The number of hydrogen-bond acceptors (Lipinski definition) is 3. The summed E-state index contributed by atoms with van der Waals surface area (Å²) < 4.78 is 19.8. The maximum atomic E-state index is 14.5. The number of fused-ring (bicyclic) bond motifs is 1. The molecule has 4 rings (SSSR count). The first-order chi connectivity index (χ1) is 12.7. The predicted octanol–water partition coefficient (Wildman–Crippen LogP) is 3.65. The van der Waals surface area contributed by atoms with Crippen LogP contribution in [-0.2, 0) is 16.8 Å². The quantitative estimate of drug-likeness (QED) is 0.819. The lowest BCUT2D eigenvalue weighted by Gasteiger charge is -2.20. The van der Waals surface area contributed by atoms with Gasteiger partial charge in [-0.15, -0.1) is 12.4 Å². The van der Waals surface area contributed by atoms with Crippen LogP contribution in [0.4, 0.5) is 9.18 Å². The van der Waals surface area contributed by atoms with Crippen LogP contribution in [0.5, 0.6) is 0 Å². The van der Waals surface area contributed by atoms with Gasteiger partial charge in [-0.2, -0.15) is 0 Å². The molecule has 1 heterocycles. The summed E-state index contributed by atoms with van der Waals surface area (Å²) in [6.07, 6.45) is 0.542. The van der Waals surface area contributed by atoms with Crippen molar-refractivity contribution in [2.75, 3.05) is 19.6 Å². The molecule has 2 aromatic rings. The van der Waals surface area contributed by atoms with E-state index in [0.717, 1.165) is 25.1 Å². The highest BCUT2D eigenvalue weighted by atomic mass is 35.5. The number of rotatable bonds is 5. The highest BCUT2D eigenvalue weighted by molar-refractivity contribution is 5.85. The van der Waals surface area contributed by atoms with Crippen LogP contribution in [0.15, 0.2) is 54.6 Å². The first-order valence-electron chi connectivity index (χ1n) is 9.12. The second kappa shape index (κ2) is 8.28. The third-order valence-corrected chi connectivity index (χ3v) is 5.81. The average Bonchev–Trinajstić information content (AvgIpc) is 3.34. The summed E-state index contributed by atoms with van der Waals surface area (Å²) in [6, 6.07) is 16.5. The number of carbonyl (C=O) groups excluding carboxylic acids is 1. The van der Waals surface area contributed by atoms with Gasteiger partial charge < -0.3 is 15.4 Å². The van der Waals surface area contributed by atoms with E-state index in [1.54, 1.807) is 6.07 Å². The molecule has 2 N–H and O–H groups in total. The lowest BCUT2D eigenvalue weighted by molar-refractivity contribution is 0.138. The van der Waals surface area contributed by atoms with E-state index in [1.165, 1.54) is 6.07 Å². The van der Waals surface area contributed by atoms with E-state index in [4.69, 9.17) is 4.74 Å². The second-order valence-corrected chi connectivity index (χ2v) is 7.14. The van der Waals surface area contributed by atoms with Gasteiger partial charge >= 0.3 is 6.09 Å². The van der Waals surface area contributed by atoms with Crippen LogP contribution >= 0.6 is 12.4 Å². The molecule has 1 aliphatic heterocycles. The zero-order valence-electron chi connectivity index (χ0n) is 15.0. The van der Waals surface area contributed by atoms with Gasteiger partial charge in [0.15, 0.2) is 0 Å². The fraction of sp³-hybridized carbons (Fsp3) is 0.381. The van der Waals surface area contributed by atoms with E-state index in [9.17, 15) is 9.18 Å². The minimum atomic E-state index is -0.457. The number of carbonyl (C=O) groups is 1. The number of nitrogens with one attached hydrogen (secondary N) is 2. The van der Waals surface area contributed by atoms with E-state index in [1.807, 2.05) is 42.5 Å². The molecule has 2 fully saturated rings. The Kier molecular flexibility index (Phi) is 6.02. The Morgan fingerprint density at radius 2 is 1.89 bits per heavy atom. The van der Waals surface area contributed by atoms with Crippen molar-refractivity contribution in [2.24, 2.45) is 11.8 Å². The van der Waals surface area contributed by atoms with Crippen molar-refractivity contribution < 1.29 is 13.9 Å². The fourth-order valence-corrected chi connectivity index (χ4v) is 4.49. The van der Waals surface area contributed by atoms with Crippen LogP contribution in [0.1, 0.15) is 17.5 Å². The standard InChI is InChI=1S/C21H23FN2O2.ClH/c22-19-9-5-4-8-17(19)21(16-10-11-23-12-18(16)21)14-24-20(25)26-13-15-6-2-1-3-7-15;/h1-9,16,18,23H,10-14H2,(H,24,25);1H/t16-,18+,21-;/m1./s1. The highest BCUT2D eigenvalue weighted by Crippen LogP contribution is 2.62. The molecule has 4 nitrogen and oxygen atoms in total. The van der Waals surface area contributed by atoms with Crippen LogP contribution in [0, 0.1) is 17.7 Å². The molecule has 1 saturated carbocycles. The van der Waals surface area contributed by atoms with Gasteiger partial charge in [-0.3, -0.25) is 0 Å². The Bertz CT molecular complexity index is 775. The first kappa shape index (κ1) is 19.6. The van der Waals surface area contributed by atoms with Crippen LogP contribution in [0.25, 0.3) is 0 Å². The molecule has 1 amide bonds. The third-order valence-electron chi connectivity index (χ3n) is 5.81. The maximum Gasteiger partial charge on any atom is 0.407 e. The predicted molar refractivity (Wildman–Crippen MR) is 104 cm³/mol. The average molecular weight is 391 g/mol. The van der Waals surface area contributed by atoms with E-state index in [0.29, 0.717) is 23.9 Å². The van der Waals surface area contributed by atoms with Crippen molar-refractivity contribution in [3.8, 4) is 0 Å². The zero-order valence-corrected chi connectivity index (χ0v) is 15.8. The van der Waals surface area contributed by atoms with Crippen molar-refractivity contribution in [1.29, 1.82) is 0 Å². The van der Waals surface area contributed by atoms with Gasteiger partial charge in [-0.1, -0.05) is 48.5 Å². The third kappa shape index (κ3) is 3.80. The molecule has 1 saturated heterocycles. The Hall–Kier alpha value is -2.11. The topological polar surface area (TPSA) is 50.4 Å². The van der Waals surface area contributed by atoms with E-state index in [-0.39, 0.29) is 30.2 Å². The highest BCUT2D eigenvalue weighted by Gasteiger charge is 2.66. The van der Waals surface area contributed by atoms with Crippen LogP contribution in [0.3, 0.4) is 0 Å². The molecule has 1 aliphatic carbocycles. The van der Waals surface area contributed by atoms with Crippen molar-refractivity contribution in [3.05, 3.63) is 71.5 Å². The van der Waals surface area contributed by atoms with Crippen molar-refractivity contribution >= 4 is 18.5 Å². The van der Waals surface area contributed by atoms with Gasteiger partial charge in [0.2, 0.25) is 0 Å². The summed E-state index contributed by atoms with van der Waals surface area (Å²) in [5.74, 6) is 0.555. The SMILES string of the molecule is Cl.O=C(NC[C@]1(c2ccccc2F)[C@@H]2CCNC[C@@H]21)OCc1ccccc1. The summed E-state index contributed by atoms with van der Waals surface area (Å²) >= 11 is 0. The lowest BCUT2D eigenvalue weighted by atomic mass is 9.90. The second-order valence-electron chi connectivity index (χ2n) is 7.14. The van der Waals surface area contributed by atoms with Gasteiger partial charge in [0, 0.05) is 12.0 Å². The Morgan fingerprint density at radius 1 is 1.15 bits per heavy atom. The molecule has 2 aliphatic rings. The maximum absolute atomic E-state index is 14.5. The van der Waals surface area contributed by atoms with Crippen LogP contribution < -0.4 is 10.6 Å². The number of piperidine rings is 1. The molecule has 3 atom stereocenters. The number of ether oxygens (including phenoxy) is 1. The van der Waals surface area contributed by atoms with E-state index in [2.05, 4.69) is 10.6 Å². The summed E-state index contributed by atoms with van der Waals surface area (Å²) in [4.78, 5) is 12.2. The van der Waals surface area contributed by atoms with Gasteiger partial charge in [-0.25, -0.2) is 9.18 Å². The monoisotopic (exact) mass is 390 g/mol. The molecule has 144 valence electrons. The van der Waals surface area contributed by atoms with Gasteiger partial charge in [0.1, 0.15) is 12.4 Å². The molecule has 0 radical (unpaired) electrons. The normalized spacial score (nSPS) is 25.7. The molecule has 0 unspecified atom stereocenters.